The van der Waals surface area contributed by atoms with E-state index in [0.717, 1.165) is 26.1 Å². The van der Waals surface area contributed by atoms with E-state index in [1.165, 1.54) is 18.7 Å². The Labute approximate surface area is 95.7 Å². The van der Waals surface area contributed by atoms with Crippen molar-refractivity contribution in [1.29, 1.82) is 0 Å². The highest BCUT2D eigenvalue weighted by Crippen LogP contribution is 2.05. The fourth-order valence-corrected chi connectivity index (χ4v) is 2.46. The number of piperazine rings is 1. The van der Waals surface area contributed by atoms with Crippen LogP contribution in [0, 0.1) is 0 Å². The molecule has 84 valence electrons. The molecule has 0 aliphatic carbocycles. The molecule has 1 aliphatic heterocycles. The quantitative estimate of drug-likeness (QED) is 0.826. The molecule has 4 heteroatoms. The van der Waals surface area contributed by atoms with Gasteiger partial charge in [0.05, 0.1) is 0 Å². The van der Waals surface area contributed by atoms with Gasteiger partial charge in [-0.3, -0.25) is 5.43 Å². The van der Waals surface area contributed by atoms with E-state index < -0.39 is 0 Å². The number of likely N-dealkylation sites (N-methyl/N-ethyl adjacent to an activating group) is 1. The van der Waals surface area contributed by atoms with E-state index in [-0.39, 0.29) is 0 Å². The predicted octanol–water partition coefficient (Wildman–Crippen LogP) is 1.04. The number of nitrogens with one attached hydrogen (secondary N) is 1. The molecule has 0 aromatic carbocycles. The van der Waals surface area contributed by atoms with Crippen LogP contribution in [-0.4, -0.2) is 49.7 Å². The molecule has 0 radical (unpaired) electrons. The summed E-state index contributed by atoms with van der Waals surface area (Å²) in [4.78, 5) is 2.37. The molecule has 0 atom stereocenters. The minimum Gasteiger partial charge on any atom is -0.304 e. The van der Waals surface area contributed by atoms with Crippen LogP contribution in [0.25, 0.3) is 0 Å². The van der Waals surface area contributed by atoms with Crippen molar-refractivity contribution in [3.05, 3.63) is 22.4 Å². The monoisotopic (exact) mass is 225 g/mol. The Balaban J connectivity index is 1.62. The van der Waals surface area contributed by atoms with Crippen molar-refractivity contribution in [3.8, 4) is 0 Å². The molecule has 1 aromatic heterocycles. The third kappa shape index (κ3) is 3.57. The molecule has 3 nitrogen and oxygen atoms in total. The number of nitrogens with zero attached hydrogens (tertiary/aromatic N) is 2. The van der Waals surface area contributed by atoms with Gasteiger partial charge in [-0.1, -0.05) is 0 Å². The Bertz CT molecular complexity index is 265. The highest BCUT2D eigenvalue weighted by atomic mass is 32.1. The Kier molecular flexibility index (Phi) is 4.14. The van der Waals surface area contributed by atoms with Crippen molar-refractivity contribution in [2.24, 2.45) is 0 Å². The first-order chi connectivity index (χ1) is 7.34. The molecule has 1 N–H and O–H groups in total. The average molecular weight is 225 g/mol. The summed E-state index contributed by atoms with van der Waals surface area (Å²) < 4.78 is 0. The molecule has 1 saturated heterocycles. The zero-order valence-electron chi connectivity index (χ0n) is 9.28. The normalized spacial score (nSPS) is 19.5. The maximum Gasteiger partial charge on any atom is 0.0259 e. The number of thiophene rings is 1. The smallest absolute Gasteiger partial charge is 0.0259 e. The van der Waals surface area contributed by atoms with E-state index in [0.29, 0.717) is 0 Å². The Morgan fingerprint density at radius 3 is 2.80 bits per heavy atom. The van der Waals surface area contributed by atoms with Gasteiger partial charge in [-0.05, 0) is 35.9 Å². The summed E-state index contributed by atoms with van der Waals surface area (Å²) in [6.45, 7) is 5.68. The molecule has 1 aliphatic rings. The van der Waals surface area contributed by atoms with Crippen LogP contribution in [0.15, 0.2) is 16.8 Å². The number of hydrogen-bond acceptors (Lipinski definition) is 4. The standard InChI is InChI=1S/C11H19N3S/c1-13-5-7-14(8-6-13)12-4-2-11-3-9-15-10-11/h3,9-10,12H,2,4-8H2,1H3. The van der Waals surface area contributed by atoms with Crippen LogP contribution >= 0.6 is 11.3 Å². The minimum atomic E-state index is 1.06. The summed E-state index contributed by atoms with van der Waals surface area (Å²) in [6.07, 6.45) is 1.13. The molecule has 1 fully saturated rings. The largest absolute Gasteiger partial charge is 0.304 e. The summed E-state index contributed by atoms with van der Waals surface area (Å²) >= 11 is 1.78. The topological polar surface area (TPSA) is 18.5 Å². The SMILES string of the molecule is CN1CCN(NCCc2ccsc2)CC1. The predicted molar refractivity (Wildman–Crippen MR) is 65.1 cm³/mol. The molecule has 0 bridgehead atoms. The summed E-state index contributed by atoms with van der Waals surface area (Å²) in [7, 11) is 2.18. The van der Waals surface area contributed by atoms with Gasteiger partial charge in [0.2, 0.25) is 0 Å². The zero-order valence-corrected chi connectivity index (χ0v) is 10.1. The molecule has 0 spiro atoms. The molecular weight excluding hydrogens is 206 g/mol. The van der Waals surface area contributed by atoms with Gasteiger partial charge in [-0.2, -0.15) is 11.3 Å². The van der Waals surface area contributed by atoms with E-state index in [1.54, 1.807) is 11.3 Å². The van der Waals surface area contributed by atoms with Crippen LogP contribution in [0.3, 0.4) is 0 Å². The van der Waals surface area contributed by atoms with E-state index in [2.05, 4.69) is 39.2 Å². The van der Waals surface area contributed by atoms with Gasteiger partial charge in [0, 0.05) is 32.7 Å². The van der Waals surface area contributed by atoms with Crippen LogP contribution in [-0.2, 0) is 6.42 Å². The fourth-order valence-electron chi connectivity index (χ4n) is 1.76. The van der Waals surface area contributed by atoms with Gasteiger partial charge in [-0.15, -0.1) is 0 Å². The summed E-state index contributed by atoms with van der Waals surface area (Å²) in [5, 5.41) is 6.71. The van der Waals surface area contributed by atoms with Crippen molar-refractivity contribution in [3.63, 3.8) is 0 Å². The molecular formula is C11H19N3S. The summed E-state index contributed by atoms with van der Waals surface area (Å²) in [5.41, 5.74) is 4.94. The highest BCUT2D eigenvalue weighted by Gasteiger charge is 2.12. The van der Waals surface area contributed by atoms with E-state index in [9.17, 15) is 0 Å². The third-order valence-electron chi connectivity index (χ3n) is 2.83. The highest BCUT2D eigenvalue weighted by molar-refractivity contribution is 7.07. The second kappa shape index (κ2) is 5.61. The van der Waals surface area contributed by atoms with Gasteiger partial charge in [-0.25, -0.2) is 5.01 Å². The number of rotatable bonds is 4. The van der Waals surface area contributed by atoms with Crippen molar-refractivity contribution in [2.45, 2.75) is 6.42 Å². The first-order valence-electron chi connectivity index (χ1n) is 5.52. The van der Waals surface area contributed by atoms with Crippen molar-refractivity contribution in [1.82, 2.24) is 15.3 Å². The van der Waals surface area contributed by atoms with Crippen LogP contribution in [0.1, 0.15) is 5.56 Å². The molecule has 0 unspecified atom stereocenters. The molecule has 2 rings (SSSR count). The summed E-state index contributed by atoms with van der Waals surface area (Å²) in [6, 6.07) is 2.20. The number of hydrogen-bond donors (Lipinski definition) is 1. The van der Waals surface area contributed by atoms with E-state index in [1.807, 2.05) is 0 Å². The van der Waals surface area contributed by atoms with Crippen molar-refractivity contribution >= 4 is 11.3 Å². The fraction of sp³-hybridized carbons (Fsp3) is 0.636. The Hall–Kier alpha value is -0.420. The summed E-state index contributed by atoms with van der Waals surface area (Å²) in [5.74, 6) is 0. The average Bonchev–Trinajstić information content (AvgIpc) is 2.74. The maximum atomic E-state index is 3.49. The van der Waals surface area contributed by atoms with E-state index in [4.69, 9.17) is 0 Å². The molecule has 0 amide bonds. The Morgan fingerprint density at radius 2 is 2.13 bits per heavy atom. The van der Waals surface area contributed by atoms with Gasteiger partial charge in [0.15, 0.2) is 0 Å². The zero-order chi connectivity index (χ0) is 10.5. The van der Waals surface area contributed by atoms with Gasteiger partial charge in [0.1, 0.15) is 0 Å². The number of hydrazine groups is 1. The van der Waals surface area contributed by atoms with Crippen LogP contribution in [0.4, 0.5) is 0 Å². The lowest BCUT2D eigenvalue weighted by Gasteiger charge is -2.32. The molecule has 15 heavy (non-hydrogen) atoms. The van der Waals surface area contributed by atoms with Gasteiger partial charge in [0.25, 0.3) is 0 Å². The minimum absolute atomic E-state index is 1.06. The molecule has 2 heterocycles. The van der Waals surface area contributed by atoms with E-state index >= 15 is 0 Å². The van der Waals surface area contributed by atoms with Gasteiger partial charge >= 0.3 is 0 Å². The molecule has 0 saturated carbocycles. The van der Waals surface area contributed by atoms with Gasteiger partial charge < -0.3 is 4.90 Å². The van der Waals surface area contributed by atoms with Crippen LogP contribution < -0.4 is 5.43 Å². The van der Waals surface area contributed by atoms with Crippen LogP contribution in [0.2, 0.25) is 0 Å². The lowest BCUT2D eigenvalue weighted by Crippen LogP contribution is -2.51. The first-order valence-corrected chi connectivity index (χ1v) is 6.47. The van der Waals surface area contributed by atoms with Crippen molar-refractivity contribution in [2.75, 3.05) is 39.8 Å². The van der Waals surface area contributed by atoms with Crippen LogP contribution in [0.5, 0.6) is 0 Å². The lowest BCUT2D eigenvalue weighted by molar-refractivity contribution is 0.105. The lowest BCUT2D eigenvalue weighted by atomic mass is 10.2. The molecule has 1 aromatic rings. The third-order valence-corrected chi connectivity index (χ3v) is 3.56. The van der Waals surface area contributed by atoms with Crippen molar-refractivity contribution < 1.29 is 0 Å². The Morgan fingerprint density at radius 1 is 1.33 bits per heavy atom. The first kappa shape index (κ1) is 11.1. The second-order valence-electron chi connectivity index (χ2n) is 4.08. The second-order valence-corrected chi connectivity index (χ2v) is 4.86. The maximum absolute atomic E-state index is 3.49.